The lowest BCUT2D eigenvalue weighted by Crippen LogP contribution is -2.26. The van der Waals surface area contributed by atoms with Gasteiger partial charge in [0.25, 0.3) is 0 Å². The Kier molecular flexibility index (Phi) is 4.06. The van der Waals surface area contributed by atoms with Crippen molar-refractivity contribution in [3.8, 4) is 5.75 Å². The topological polar surface area (TPSA) is 73.4 Å². The molecule has 4 rings (SSSR count). The van der Waals surface area contributed by atoms with Gasteiger partial charge < -0.3 is 10.5 Å². The van der Waals surface area contributed by atoms with Crippen LogP contribution in [0.5, 0.6) is 5.75 Å². The normalized spacial score (nSPS) is 18.5. The van der Waals surface area contributed by atoms with E-state index in [-0.39, 0.29) is 11.4 Å². The summed E-state index contributed by atoms with van der Waals surface area (Å²) in [4.78, 5) is 12.4. The summed E-state index contributed by atoms with van der Waals surface area (Å²) in [5.41, 5.74) is 5.76. The molecule has 3 heterocycles. The summed E-state index contributed by atoms with van der Waals surface area (Å²) in [6, 6.07) is 13.0. The summed E-state index contributed by atoms with van der Waals surface area (Å²) in [7, 11) is 1.52. The summed E-state index contributed by atoms with van der Waals surface area (Å²) in [5, 5.41) is 0. The molecule has 8 heteroatoms. The van der Waals surface area contributed by atoms with Crippen LogP contribution in [0.2, 0.25) is 0 Å². The number of hydrogen-bond donors (Lipinski definition) is 1. The zero-order chi connectivity index (χ0) is 19.9. The third kappa shape index (κ3) is 2.69. The van der Waals surface area contributed by atoms with Gasteiger partial charge in [0, 0.05) is 18.0 Å². The smallest absolute Gasteiger partial charge is 0.433 e. The van der Waals surface area contributed by atoms with E-state index in [1.165, 1.54) is 13.2 Å². The highest BCUT2D eigenvalue weighted by Gasteiger charge is 2.45. The Morgan fingerprint density at radius 3 is 2.50 bits per heavy atom. The fraction of sp³-hybridized carbons (Fsp3) is 0.150. The molecule has 0 radical (unpaired) electrons. The molecule has 0 bridgehead atoms. The highest BCUT2D eigenvalue weighted by Crippen LogP contribution is 2.46. The maximum atomic E-state index is 13.3. The second kappa shape index (κ2) is 6.33. The predicted molar refractivity (Wildman–Crippen MR) is 97.1 cm³/mol. The number of amidine groups is 1. The van der Waals surface area contributed by atoms with E-state index in [0.717, 1.165) is 12.3 Å². The molecule has 3 aromatic rings. The number of nitrogens with two attached hydrogens (primary N) is 1. The summed E-state index contributed by atoms with van der Waals surface area (Å²) in [6.45, 7) is 0. The van der Waals surface area contributed by atoms with Crippen molar-refractivity contribution in [1.29, 1.82) is 0 Å². The molecule has 0 saturated heterocycles. The van der Waals surface area contributed by atoms with Crippen molar-refractivity contribution < 1.29 is 17.9 Å². The first kappa shape index (κ1) is 18.0. The van der Waals surface area contributed by atoms with Crippen LogP contribution in [0, 0.1) is 0 Å². The van der Waals surface area contributed by atoms with E-state index in [1.807, 2.05) is 0 Å². The van der Waals surface area contributed by atoms with Crippen molar-refractivity contribution in [2.75, 3.05) is 7.11 Å². The fourth-order valence-electron chi connectivity index (χ4n) is 3.46. The lowest BCUT2D eigenvalue weighted by molar-refractivity contribution is -0.141. The molecular weight excluding hydrogens is 369 g/mol. The van der Waals surface area contributed by atoms with E-state index in [2.05, 4.69) is 15.0 Å². The minimum absolute atomic E-state index is 0.156. The van der Waals surface area contributed by atoms with E-state index in [0.29, 0.717) is 22.6 Å². The van der Waals surface area contributed by atoms with Crippen LogP contribution in [0.25, 0.3) is 0 Å². The van der Waals surface area contributed by atoms with Crippen LogP contribution in [0.4, 0.5) is 13.2 Å². The first-order chi connectivity index (χ1) is 13.4. The van der Waals surface area contributed by atoms with E-state index in [1.54, 1.807) is 42.6 Å². The Labute approximate surface area is 158 Å². The summed E-state index contributed by atoms with van der Waals surface area (Å²) in [5.74, 6) is 0.705. The van der Waals surface area contributed by atoms with Gasteiger partial charge in [-0.3, -0.25) is 9.97 Å². The van der Waals surface area contributed by atoms with Crippen LogP contribution >= 0.6 is 0 Å². The zero-order valence-electron chi connectivity index (χ0n) is 14.7. The monoisotopic (exact) mass is 384 g/mol. The van der Waals surface area contributed by atoms with E-state index >= 15 is 0 Å². The second-order valence-electron chi connectivity index (χ2n) is 6.27. The van der Waals surface area contributed by atoms with Gasteiger partial charge in [-0.25, -0.2) is 4.99 Å². The molecule has 1 unspecified atom stereocenters. The predicted octanol–water partition coefficient (Wildman–Crippen LogP) is 3.51. The number of fused-ring (bicyclic) bond motifs is 1. The number of methoxy groups -OCH3 is 1. The molecule has 142 valence electrons. The molecule has 1 aliphatic rings. The lowest BCUT2D eigenvalue weighted by atomic mass is 9.78. The molecule has 2 aromatic heterocycles. The molecular formula is C20H15F3N4O. The minimum Gasteiger partial charge on any atom is -0.497 e. The number of rotatable bonds is 3. The number of benzene rings is 1. The number of aliphatic imine (C=N–C) groups is 1. The average molecular weight is 384 g/mol. The number of pyridine rings is 2. The van der Waals surface area contributed by atoms with Crippen LogP contribution in [0.3, 0.4) is 0 Å². The molecule has 28 heavy (non-hydrogen) atoms. The third-order valence-corrected chi connectivity index (χ3v) is 4.68. The van der Waals surface area contributed by atoms with E-state index < -0.39 is 17.4 Å². The van der Waals surface area contributed by atoms with Crippen molar-refractivity contribution >= 4 is 5.84 Å². The van der Waals surface area contributed by atoms with Gasteiger partial charge in [-0.15, -0.1) is 0 Å². The highest BCUT2D eigenvalue weighted by molar-refractivity contribution is 6.01. The molecule has 1 atom stereocenters. The lowest BCUT2D eigenvalue weighted by Gasteiger charge is -2.29. The Morgan fingerprint density at radius 1 is 0.964 bits per heavy atom. The van der Waals surface area contributed by atoms with E-state index in [4.69, 9.17) is 10.5 Å². The Morgan fingerprint density at radius 2 is 1.75 bits per heavy atom. The van der Waals surface area contributed by atoms with Gasteiger partial charge in [0.05, 0.1) is 7.11 Å². The number of hydrogen-bond acceptors (Lipinski definition) is 5. The van der Waals surface area contributed by atoms with Crippen molar-refractivity contribution in [2.45, 2.75) is 11.7 Å². The summed E-state index contributed by atoms with van der Waals surface area (Å²) in [6.07, 6.45) is -1.89. The maximum absolute atomic E-state index is 13.3. The van der Waals surface area contributed by atoms with Gasteiger partial charge in [0.2, 0.25) is 0 Å². The first-order valence-corrected chi connectivity index (χ1v) is 8.35. The SMILES string of the molecule is COc1cccc(C2(c3ccnc(C(F)(F)F)c3)N=C(N)c3ncccc32)c1. The number of ether oxygens (including phenoxy) is 1. The molecule has 0 aliphatic carbocycles. The number of aromatic nitrogens is 2. The molecule has 0 amide bonds. The van der Waals surface area contributed by atoms with Gasteiger partial charge in [-0.05, 0) is 41.5 Å². The summed E-state index contributed by atoms with van der Waals surface area (Å²) >= 11 is 0. The van der Waals surface area contributed by atoms with Crippen LogP contribution in [-0.2, 0) is 11.7 Å². The maximum Gasteiger partial charge on any atom is 0.433 e. The average Bonchev–Trinajstić information content (AvgIpc) is 3.01. The third-order valence-electron chi connectivity index (χ3n) is 4.68. The largest absolute Gasteiger partial charge is 0.497 e. The van der Waals surface area contributed by atoms with Crippen LogP contribution in [0.15, 0.2) is 65.9 Å². The minimum atomic E-state index is -4.59. The molecule has 1 aliphatic heterocycles. The summed E-state index contributed by atoms with van der Waals surface area (Å²) < 4.78 is 45.3. The zero-order valence-corrected chi connectivity index (χ0v) is 14.7. The molecule has 0 saturated carbocycles. The molecule has 2 N–H and O–H groups in total. The molecule has 5 nitrogen and oxygen atoms in total. The van der Waals surface area contributed by atoms with Gasteiger partial charge in [0.15, 0.2) is 0 Å². The molecule has 0 fully saturated rings. The highest BCUT2D eigenvalue weighted by atomic mass is 19.4. The first-order valence-electron chi connectivity index (χ1n) is 8.35. The van der Waals surface area contributed by atoms with Crippen molar-refractivity contribution in [3.05, 3.63) is 89.0 Å². The number of halogens is 3. The number of alkyl halides is 3. The van der Waals surface area contributed by atoms with Gasteiger partial charge in [-0.2, -0.15) is 13.2 Å². The quantitative estimate of drug-likeness (QED) is 0.750. The Hall–Kier alpha value is -3.42. The fourth-order valence-corrected chi connectivity index (χ4v) is 3.46. The van der Waals surface area contributed by atoms with E-state index in [9.17, 15) is 13.2 Å². The van der Waals surface area contributed by atoms with Crippen LogP contribution in [0.1, 0.15) is 28.1 Å². The van der Waals surface area contributed by atoms with Crippen LogP contribution < -0.4 is 10.5 Å². The van der Waals surface area contributed by atoms with Gasteiger partial charge in [-0.1, -0.05) is 18.2 Å². The molecule has 1 aromatic carbocycles. The van der Waals surface area contributed by atoms with Gasteiger partial charge in [0.1, 0.15) is 28.5 Å². The standard InChI is InChI=1S/C20H15F3N4O/c1-28-14-5-2-4-12(10-14)19(13-7-9-25-16(11-13)20(21,22)23)15-6-3-8-26-17(15)18(24)27-19/h2-11H,1H3,(H2,24,27). The van der Waals surface area contributed by atoms with Crippen molar-refractivity contribution in [1.82, 2.24) is 9.97 Å². The van der Waals surface area contributed by atoms with Gasteiger partial charge >= 0.3 is 6.18 Å². The Bertz CT molecular complexity index is 1080. The second-order valence-corrected chi connectivity index (χ2v) is 6.27. The molecule has 0 spiro atoms. The number of nitrogens with zero attached hydrogens (tertiary/aromatic N) is 3. The Balaban J connectivity index is 2.05. The van der Waals surface area contributed by atoms with Crippen molar-refractivity contribution in [3.63, 3.8) is 0 Å². The van der Waals surface area contributed by atoms with Crippen molar-refractivity contribution in [2.24, 2.45) is 10.7 Å². The van der Waals surface area contributed by atoms with Crippen LogP contribution in [-0.4, -0.2) is 22.9 Å².